The van der Waals surface area contributed by atoms with E-state index in [9.17, 15) is 9.59 Å². The van der Waals surface area contributed by atoms with Crippen molar-refractivity contribution < 1.29 is 14.3 Å². The molecule has 0 bridgehead atoms. The number of aromatic nitrogens is 2. The Balaban J connectivity index is 1.51. The third-order valence-corrected chi connectivity index (χ3v) is 3.78. The van der Waals surface area contributed by atoms with Gasteiger partial charge in [0.25, 0.3) is 5.56 Å². The lowest BCUT2D eigenvalue weighted by Gasteiger charge is -2.10. The summed E-state index contributed by atoms with van der Waals surface area (Å²) in [6.45, 7) is 0.547. The molecular formula is C19H19N3O4. The van der Waals surface area contributed by atoms with E-state index in [2.05, 4.69) is 10.3 Å². The first-order valence-corrected chi connectivity index (χ1v) is 8.15. The van der Waals surface area contributed by atoms with Crippen molar-refractivity contribution in [2.24, 2.45) is 0 Å². The highest BCUT2D eigenvalue weighted by molar-refractivity contribution is 5.78. The molecule has 1 amide bonds. The molecule has 7 nitrogen and oxygen atoms in total. The molecule has 1 aromatic heterocycles. The summed E-state index contributed by atoms with van der Waals surface area (Å²) in [4.78, 5) is 28.6. The Hall–Kier alpha value is -3.35. The van der Waals surface area contributed by atoms with E-state index in [0.29, 0.717) is 35.6 Å². The molecule has 0 saturated heterocycles. The first-order valence-electron chi connectivity index (χ1n) is 8.15. The van der Waals surface area contributed by atoms with Gasteiger partial charge in [-0.05, 0) is 24.3 Å². The van der Waals surface area contributed by atoms with Crippen LogP contribution >= 0.6 is 0 Å². The maximum atomic E-state index is 12.3. The molecule has 0 unspecified atom stereocenters. The summed E-state index contributed by atoms with van der Waals surface area (Å²) < 4.78 is 12.0. The van der Waals surface area contributed by atoms with Crippen LogP contribution in [0.5, 0.6) is 11.5 Å². The molecule has 3 aromatic rings. The Kier molecular flexibility index (Phi) is 5.48. The second kappa shape index (κ2) is 8.15. The standard InChI is InChI=1S/C19H19N3O4/c1-25-14-5-4-6-15(11-14)26-10-9-20-18(23)12-22-13-21-17-8-3-2-7-16(17)19(22)24/h2-8,11,13H,9-10,12H2,1H3,(H,20,23). The number of amides is 1. The minimum Gasteiger partial charge on any atom is -0.497 e. The molecule has 0 aliphatic heterocycles. The third kappa shape index (κ3) is 4.18. The fourth-order valence-electron chi connectivity index (χ4n) is 2.48. The highest BCUT2D eigenvalue weighted by Crippen LogP contribution is 2.18. The maximum Gasteiger partial charge on any atom is 0.261 e. The number of hydrogen-bond donors (Lipinski definition) is 1. The molecule has 0 aliphatic rings. The Bertz CT molecular complexity index is 968. The second-order valence-corrected chi connectivity index (χ2v) is 5.57. The van der Waals surface area contributed by atoms with Crippen molar-refractivity contribution in [3.05, 3.63) is 65.2 Å². The number of benzene rings is 2. The Morgan fingerprint density at radius 1 is 1.15 bits per heavy atom. The number of rotatable bonds is 7. The van der Waals surface area contributed by atoms with Gasteiger partial charge >= 0.3 is 0 Å². The molecule has 134 valence electrons. The maximum absolute atomic E-state index is 12.3. The molecule has 7 heteroatoms. The monoisotopic (exact) mass is 353 g/mol. The van der Waals surface area contributed by atoms with Gasteiger partial charge in [-0.25, -0.2) is 4.98 Å². The molecule has 3 rings (SSSR count). The average molecular weight is 353 g/mol. The lowest BCUT2D eigenvalue weighted by molar-refractivity contribution is -0.121. The van der Waals surface area contributed by atoms with Gasteiger partial charge in [-0.15, -0.1) is 0 Å². The predicted octanol–water partition coefficient (Wildman–Crippen LogP) is 1.60. The largest absolute Gasteiger partial charge is 0.497 e. The smallest absolute Gasteiger partial charge is 0.261 e. The number of carbonyl (C=O) groups is 1. The number of ether oxygens (including phenoxy) is 2. The Labute approximate surface area is 150 Å². The number of nitrogens with one attached hydrogen (secondary N) is 1. The summed E-state index contributed by atoms with van der Waals surface area (Å²) in [6, 6.07) is 14.3. The molecule has 0 atom stereocenters. The van der Waals surface area contributed by atoms with Gasteiger partial charge in [0.15, 0.2) is 0 Å². The zero-order valence-electron chi connectivity index (χ0n) is 14.3. The molecule has 26 heavy (non-hydrogen) atoms. The first kappa shape index (κ1) is 17.5. The number of nitrogens with zero attached hydrogens (tertiary/aromatic N) is 2. The van der Waals surface area contributed by atoms with Crippen LogP contribution in [0.3, 0.4) is 0 Å². The van der Waals surface area contributed by atoms with E-state index in [-0.39, 0.29) is 18.0 Å². The summed E-state index contributed by atoms with van der Waals surface area (Å²) in [5.41, 5.74) is 0.374. The fourth-order valence-corrected chi connectivity index (χ4v) is 2.48. The molecule has 0 radical (unpaired) electrons. The summed E-state index contributed by atoms with van der Waals surface area (Å²) in [5.74, 6) is 1.08. The van der Waals surface area contributed by atoms with E-state index >= 15 is 0 Å². The van der Waals surface area contributed by atoms with E-state index in [1.54, 1.807) is 31.4 Å². The highest BCUT2D eigenvalue weighted by atomic mass is 16.5. The van der Waals surface area contributed by atoms with E-state index in [0.717, 1.165) is 0 Å². The minimum atomic E-state index is -0.279. The molecule has 0 fully saturated rings. The topological polar surface area (TPSA) is 82.4 Å². The van der Waals surface area contributed by atoms with Crippen molar-refractivity contribution in [3.8, 4) is 11.5 Å². The van der Waals surface area contributed by atoms with Gasteiger partial charge in [-0.2, -0.15) is 0 Å². The zero-order chi connectivity index (χ0) is 18.4. The van der Waals surface area contributed by atoms with E-state index in [4.69, 9.17) is 9.47 Å². The quantitative estimate of drug-likeness (QED) is 0.653. The second-order valence-electron chi connectivity index (χ2n) is 5.57. The number of carbonyl (C=O) groups excluding carboxylic acids is 1. The van der Waals surface area contributed by atoms with Crippen LogP contribution in [0.25, 0.3) is 10.9 Å². The fraction of sp³-hybridized carbons (Fsp3) is 0.211. The van der Waals surface area contributed by atoms with Crippen LogP contribution in [0.15, 0.2) is 59.7 Å². The van der Waals surface area contributed by atoms with Crippen LogP contribution in [0.4, 0.5) is 0 Å². The number of hydrogen-bond acceptors (Lipinski definition) is 5. The SMILES string of the molecule is COc1cccc(OCCNC(=O)Cn2cnc3ccccc3c2=O)c1. The summed E-state index contributed by atoms with van der Waals surface area (Å²) >= 11 is 0. The average Bonchev–Trinajstić information content (AvgIpc) is 2.68. The van der Waals surface area contributed by atoms with Crippen LogP contribution in [-0.4, -0.2) is 35.7 Å². The lowest BCUT2D eigenvalue weighted by atomic mass is 10.2. The number of methoxy groups -OCH3 is 1. The van der Waals surface area contributed by atoms with Gasteiger partial charge in [-0.1, -0.05) is 18.2 Å². The summed E-state index contributed by atoms with van der Waals surface area (Å²) in [6.07, 6.45) is 1.39. The zero-order valence-corrected chi connectivity index (χ0v) is 14.3. The summed E-state index contributed by atoms with van der Waals surface area (Å²) in [5, 5.41) is 3.21. The molecule has 1 N–H and O–H groups in total. The van der Waals surface area contributed by atoms with Crippen LogP contribution in [0, 0.1) is 0 Å². The van der Waals surface area contributed by atoms with Crippen molar-refractivity contribution in [1.29, 1.82) is 0 Å². The van der Waals surface area contributed by atoms with Gasteiger partial charge in [0.1, 0.15) is 24.7 Å². The van der Waals surface area contributed by atoms with Crippen molar-refractivity contribution in [2.45, 2.75) is 6.54 Å². The van der Waals surface area contributed by atoms with Crippen LogP contribution in [-0.2, 0) is 11.3 Å². The predicted molar refractivity (Wildman–Crippen MR) is 97.5 cm³/mol. The number of para-hydroxylation sites is 1. The minimum absolute atomic E-state index is 0.0875. The Morgan fingerprint density at radius 2 is 1.96 bits per heavy atom. The Morgan fingerprint density at radius 3 is 2.81 bits per heavy atom. The van der Waals surface area contributed by atoms with E-state index in [1.807, 2.05) is 24.3 Å². The highest BCUT2D eigenvalue weighted by Gasteiger charge is 2.07. The normalized spacial score (nSPS) is 10.5. The molecule has 0 saturated carbocycles. The van der Waals surface area contributed by atoms with Crippen molar-refractivity contribution in [1.82, 2.24) is 14.9 Å². The third-order valence-electron chi connectivity index (χ3n) is 3.78. The van der Waals surface area contributed by atoms with Gasteiger partial charge < -0.3 is 14.8 Å². The van der Waals surface area contributed by atoms with Gasteiger partial charge in [0, 0.05) is 6.07 Å². The first-order chi connectivity index (χ1) is 12.7. The van der Waals surface area contributed by atoms with Crippen LogP contribution < -0.4 is 20.3 Å². The van der Waals surface area contributed by atoms with Crippen molar-refractivity contribution in [2.75, 3.05) is 20.3 Å². The molecule has 2 aromatic carbocycles. The van der Waals surface area contributed by atoms with Crippen molar-refractivity contribution in [3.63, 3.8) is 0 Å². The molecular weight excluding hydrogens is 334 g/mol. The van der Waals surface area contributed by atoms with Gasteiger partial charge in [0.05, 0.1) is 30.9 Å². The summed E-state index contributed by atoms with van der Waals surface area (Å²) in [7, 11) is 1.59. The van der Waals surface area contributed by atoms with Gasteiger partial charge in [-0.3, -0.25) is 14.2 Å². The molecule has 0 aliphatic carbocycles. The van der Waals surface area contributed by atoms with Gasteiger partial charge in [0.2, 0.25) is 5.91 Å². The van der Waals surface area contributed by atoms with E-state index in [1.165, 1.54) is 10.9 Å². The lowest BCUT2D eigenvalue weighted by Crippen LogP contribution is -2.34. The number of fused-ring (bicyclic) bond motifs is 1. The molecule has 1 heterocycles. The van der Waals surface area contributed by atoms with Crippen LogP contribution in [0.2, 0.25) is 0 Å². The van der Waals surface area contributed by atoms with Crippen LogP contribution in [0.1, 0.15) is 0 Å². The van der Waals surface area contributed by atoms with E-state index < -0.39 is 0 Å². The van der Waals surface area contributed by atoms with Crippen molar-refractivity contribution >= 4 is 16.8 Å². The molecule has 0 spiro atoms.